The molecule has 3 aromatic rings. The second kappa shape index (κ2) is 7.17. The molecular formula is C18H19FN2OS. The number of halogens is 1. The van der Waals surface area contributed by atoms with Crippen molar-refractivity contribution in [3.05, 3.63) is 64.2 Å². The quantitative estimate of drug-likeness (QED) is 0.717. The summed E-state index contributed by atoms with van der Waals surface area (Å²) in [4.78, 5) is 5.32. The van der Waals surface area contributed by atoms with E-state index in [0.29, 0.717) is 13.0 Å². The Bertz CT molecular complexity index is 776. The van der Waals surface area contributed by atoms with Crippen molar-refractivity contribution in [3.63, 3.8) is 0 Å². The van der Waals surface area contributed by atoms with E-state index in [0.717, 1.165) is 21.3 Å². The Morgan fingerprint density at radius 2 is 2.17 bits per heavy atom. The summed E-state index contributed by atoms with van der Waals surface area (Å²) in [5.74, 6) is -0.256. The van der Waals surface area contributed by atoms with Gasteiger partial charge in [0.05, 0.1) is 11.6 Å². The summed E-state index contributed by atoms with van der Waals surface area (Å²) in [6.45, 7) is 2.54. The SMILES string of the molecule is CC(CC(O)c1cccs1)NCc1cc(F)cc2cccnc12. The predicted octanol–water partition coefficient (Wildman–Crippen LogP) is 4.04. The molecule has 3 rings (SSSR count). The molecule has 2 N–H and O–H groups in total. The molecule has 0 bridgehead atoms. The third-order valence-corrected chi connectivity index (χ3v) is 4.81. The van der Waals surface area contributed by atoms with Crippen molar-refractivity contribution in [1.82, 2.24) is 10.3 Å². The molecule has 23 heavy (non-hydrogen) atoms. The van der Waals surface area contributed by atoms with Gasteiger partial charge in [0.15, 0.2) is 0 Å². The van der Waals surface area contributed by atoms with Crippen LogP contribution in [0.25, 0.3) is 10.9 Å². The maximum Gasteiger partial charge on any atom is 0.124 e. The van der Waals surface area contributed by atoms with Gasteiger partial charge >= 0.3 is 0 Å². The predicted molar refractivity (Wildman–Crippen MR) is 91.9 cm³/mol. The topological polar surface area (TPSA) is 45.1 Å². The van der Waals surface area contributed by atoms with Crippen LogP contribution in [0.3, 0.4) is 0 Å². The molecule has 0 fully saturated rings. The number of hydrogen-bond donors (Lipinski definition) is 2. The molecule has 2 aromatic heterocycles. The lowest BCUT2D eigenvalue weighted by Crippen LogP contribution is -2.27. The Morgan fingerprint density at radius 1 is 1.30 bits per heavy atom. The van der Waals surface area contributed by atoms with Gasteiger partial charge in [0.1, 0.15) is 5.82 Å². The fourth-order valence-corrected chi connectivity index (χ4v) is 3.39. The zero-order chi connectivity index (χ0) is 16.2. The highest BCUT2D eigenvalue weighted by atomic mass is 32.1. The molecule has 0 aliphatic heterocycles. The highest BCUT2D eigenvalue weighted by Crippen LogP contribution is 2.23. The molecule has 0 spiro atoms. The van der Waals surface area contributed by atoms with Gasteiger partial charge in [0, 0.05) is 29.0 Å². The van der Waals surface area contributed by atoms with Crippen LogP contribution in [0.4, 0.5) is 4.39 Å². The van der Waals surface area contributed by atoms with Gasteiger partial charge in [0.25, 0.3) is 0 Å². The van der Waals surface area contributed by atoms with E-state index in [1.807, 2.05) is 30.5 Å². The lowest BCUT2D eigenvalue weighted by atomic mass is 10.1. The number of aliphatic hydroxyl groups is 1. The van der Waals surface area contributed by atoms with E-state index >= 15 is 0 Å². The number of aromatic nitrogens is 1. The van der Waals surface area contributed by atoms with Crippen molar-refractivity contribution in [2.75, 3.05) is 0 Å². The molecule has 1 aromatic carbocycles. The molecule has 2 unspecified atom stereocenters. The number of fused-ring (bicyclic) bond motifs is 1. The number of hydrogen-bond acceptors (Lipinski definition) is 4. The van der Waals surface area contributed by atoms with Gasteiger partial charge in [-0.3, -0.25) is 4.98 Å². The van der Waals surface area contributed by atoms with E-state index in [2.05, 4.69) is 10.3 Å². The van der Waals surface area contributed by atoms with Crippen LogP contribution in [0.1, 0.15) is 29.9 Å². The maximum absolute atomic E-state index is 13.7. The summed E-state index contributed by atoms with van der Waals surface area (Å²) in [5, 5.41) is 16.3. The number of nitrogens with one attached hydrogen (secondary N) is 1. The van der Waals surface area contributed by atoms with Crippen molar-refractivity contribution in [3.8, 4) is 0 Å². The van der Waals surface area contributed by atoms with Gasteiger partial charge in [-0.15, -0.1) is 11.3 Å². The third-order valence-electron chi connectivity index (χ3n) is 3.84. The van der Waals surface area contributed by atoms with Crippen LogP contribution in [0.15, 0.2) is 48.0 Å². The molecular weight excluding hydrogens is 311 g/mol. The summed E-state index contributed by atoms with van der Waals surface area (Å²) >= 11 is 1.55. The fraction of sp³-hybridized carbons (Fsp3) is 0.278. The number of aliphatic hydroxyl groups excluding tert-OH is 1. The first-order valence-corrected chi connectivity index (χ1v) is 8.49. The van der Waals surface area contributed by atoms with Gasteiger partial charge in [-0.05, 0) is 48.6 Å². The first kappa shape index (κ1) is 16.1. The van der Waals surface area contributed by atoms with Crippen molar-refractivity contribution in [1.29, 1.82) is 0 Å². The lowest BCUT2D eigenvalue weighted by Gasteiger charge is -2.17. The van der Waals surface area contributed by atoms with E-state index in [9.17, 15) is 9.50 Å². The molecule has 0 aliphatic rings. The first-order valence-electron chi connectivity index (χ1n) is 7.61. The van der Waals surface area contributed by atoms with E-state index in [-0.39, 0.29) is 11.9 Å². The zero-order valence-corrected chi connectivity index (χ0v) is 13.7. The third kappa shape index (κ3) is 3.93. The van der Waals surface area contributed by atoms with Crippen LogP contribution >= 0.6 is 11.3 Å². The van der Waals surface area contributed by atoms with Gasteiger partial charge in [-0.1, -0.05) is 12.1 Å². The Balaban J connectivity index is 1.66. The largest absolute Gasteiger partial charge is 0.388 e. The van der Waals surface area contributed by atoms with Crippen molar-refractivity contribution in [2.24, 2.45) is 0 Å². The van der Waals surface area contributed by atoms with Crippen molar-refractivity contribution < 1.29 is 9.50 Å². The smallest absolute Gasteiger partial charge is 0.124 e. The Hall–Kier alpha value is -1.82. The second-order valence-corrected chi connectivity index (χ2v) is 6.67. The molecule has 0 aliphatic carbocycles. The standard InChI is InChI=1S/C18H19FN2OS/c1-12(8-16(22)17-5-3-7-23-17)21-11-14-10-15(19)9-13-4-2-6-20-18(13)14/h2-7,9-10,12,16,21-22H,8,11H2,1H3. The summed E-state index contributed by atoms with van der Waals surface area (Å²) in [6, 6.07) is 10.7. The Kier molecular flexibility index (Phi) is 5.00. The summed E-state index contributed by atoms with van der Waals surface area (Å²) in [7, 11) is 0. The molecule has 5 heteroatoms. The van der Waals surface area contributed by atoms with Crippen LogP contribution < -0.4 is 5.32 Å². The van der Waals surface area contributed by atoms with Gasteiger partial charge in [-0.2, -0.15) is 0 Å². The average molecular weight is 330 g/mol. The summed E-state index contributed by atoms with van der Waals surface area (Å²) in [6.07, 6.45) is 1.86. The minimum Gasteiger partial charge on any atom is -0.388 e. The molecule has 120 valence electrons. The Morgan fingerprint density at radius 3 is 2.96 bits per heavy atom. The molecule has 0 amide bonds. The highest BCUT2D eigenvalue weighted by molar-refractivity contribution is 7.10. The normalized spacial score (nSPS) is 14.0. The van der Waals surface area contributed by atoms with Crippen molar-refractivity contribution >= 4 is 22.2 Å². The van der Waals surface area contributed by atoms with Gasteiger partial charge in [-0.25, -0.2) is 4.39 Å². The first-order chi connectivity index (χ1) is 11.1. The molecule has 0 saturated heterocycles. The van der Waals surface area contributed by atoms with Crippen LogP contribution in [0.2, 0.25) is 0 Å². The number of nitrogens with zero attached hydrogens (tertiary/aromatic N) is 1. The molecule has 2 atom stereocenters. The van der Waals surface area contributed by atoms with E-state index in [4.69, 9.17) is 0 Å². The fourth-order valence-electron chi connectivity index (χ4n) is 2.66. The van der Waals surface area contributed by atoms with Crippen LogP contribution in [-0.4, -0.2) is 16.1 Å². The minimum absolute atomic E-state index is 0.106. The van der Waals surface area contributed by atoms with E-state index in [1.165, 1.54) is 12.1 Å². The number of rotatable bonds is 6. The number of thiophene rings is 1. The molecule has 2 heterocycles. The van der Waals surface area contributed by atoms with Gasteiger partial charge < -0.3 is 10.4 Å². The van der Waals surface area contributed by atoms with Gasteiger partial charge in [0.2, 0.25) is 0 Å². The van der Waals surface area contributed by atoms with Crippen LogP contribution in [0, 0.1) is 5.82 Å². The zero-order valence-electron chi connectivity index (χ0n) is 12.9. The molecule has 0 saturated carbocycles. The monoisotopic (exact) mass is 330 g/mol. The van der Waals surface area contributed by atoms with E-state index < -0.39 is 6.10 Å². The number of pyridine rings is 1. The lowest BCUT2D eigenvalue weighted by molar-refractivity contribution is 0.157. The van der Waals surface area contributed by atoms with Crippen LogP contribution in [-0.2, 0) is 6.54 Å². The maximum atomic E-state index is 13.7. The molecule has 3 nitrogen and oxygen atoms in total. The second-order valence-electron chi connectivity index (χ2n) is 5.69. The summed E-state index contributed by atoms with van der Waals surface area (Å²) in [5.41, 5.74) is 1.64. The highest BCUT2D eigenvalue weighted by Gasteiger charge is 2.14. The minimum atomic E-state index is -0.472. The molecule has 0 radical (unpaired) electrons. The summed E-state index contributed by atoms with van der Waals surface area (Å²) < 4.78 is 13.7. The average Bonchev–Trinajstić information content (AvgIpc) is 3.07. The van der Waals surface area contributed by atoms with Crippen molar-refractivity contribution in [2.45, 2.75) is 32.0 Å². The van der Waals surface area contributed by atoms with Crippen LogP contribution in [0.5, 0.6) is 0 Å². The van der Waals surface area contributed by atoms with E-state index in [1.54, 1.807) is 23.6 Å². The number of benzene rings is 1. The Labute approximate surface area is 138 Å².